The molecule has 0 bridgehead atoms. The maximum Gasteiger partial charge on any atom is 0.251 e. The topological polar surface area (TPSA) is 88.9 Å². The lowest BCUT2D eigenvalue weighted by Crippen LogP contribution is -2.28. The van der Waals surface area contributed by atoms with Gasteiger partial charge in [0, 0.05) is 28.3 Å². The number of benzene rings is 2. The van der Waals surface area contributed by atoms with Gasteiger partial charge in [-0.15, -0.1) is 10.2 Å². The van der Waals surface area contributed by atoms with Crippen molar-refractivity contribution in [2.24, 2.45) is 7.05 Å². The summed E-state index contributed by atoms with van der Waals surface area (Å²) >= 11 is 13.2. The van der Waals surface area contributed by atoms with Gasteiger partial charge >= 0.3 is 0 Å². The van der Waals surface area contributed by atoms with E-state index in [1.165, 1.54) is 11.8 Å². The molecule has 0 aliphatic rings. The van der Waals surface area contributed by atoms with Gasteiger partial charge in [0.15, 0.2) is 11.0 Å². The van der Waals surface area contributed by atoms with Crippen LogP contribution in [-0.4, -0.2) is 32.3 Å². The molecule has 3 rings (SSSR count). The smallest absolute Gasteiger partial charge is 0.251 e. The van der Waals surface area contributed by atoms with Crippen LogP contribution in [0.25, 0.3) is 0 Å². The van der Waals surface area contributed by atoms with Crippen molar-refractivity contribution in [2.45, 2.75) is 25.0 Å². The zero-order chi connectivity index (χ0) is 22.5. The molecule has 10 heteroatoms. The lowest BCUT2D eigenvalue weighted by atomic mass is 10.2. The van der Waals surface area contributed by atoms with Crippen LogP contribution >= 0.6 is 35.0 Å². The van der Waals surface area contributed by atoms with E-state index in [0.29, 0.717) is 32.3 Å². The third-order valence-electron chi connectivity index (χ3n) is 4.50. The van der Waals surface area contributed by atoms with Crippen molar-refractivity contribution < 1.29 is 9.59 Å². The number of thioether (sulfide) groups is 1. The van der Waals surface area contributed by atoms with E-state index in [0.717, 1.165) is 5.56 Å². The molecule has 1 atom stereocenters. The minimum atomic E-state index is -0.376. The number of aryl methyl sites for hydroxylation is 1. The first kappa shape index (κ1) is 23.1. The first-order valence-electron chi connectivity index (χ1n) is 9.39. The molecule has 3 aromatic rings. The minimum absolute atomic E-state index is 0.156. The van der Waals surface area contributed by atoms with Crippen LogP contribution in [0.4, 0.5) is 5.69 Å². The van der Waals surface area contributed by atoms with E-state index in [2.05, 4.69) is 20.8 Å². The highest BCUT2D eigenvalue weighted by Gasteiger charge is 2.19. The second-order valence-corrected chi connectivity index (χ2v) is 8.69. The Morgan fingerprint density at radius 2 is 1.84 bits per heavy atom. The monoisotopic (exact) mass is 477 g/mol. The molecule has 0 fully saturated rings. The Morgan fingerprint density at radius 3 is 2.52 bits per heavy atom. The Hall–Kier alpha value is -2.55. The molecule has 0 aliphatic heterocycles. The van der Waals surface area contributed by atoms with Gasteiger partial charge in [-0.1, -0.05) is 41.0 Å². The van der Waals surface area contributed by atoms with Gasteiger partial charge in [0.05, 0.1) is 11.8 Å². The summed E-state index contributed by atoms with van der Waals surface area (Å²) in [6.07, 6.45) is 0. The van der Waals surface area contributed by atoms with E-state index in [1.54, 1.807) is 48.0 Å². The Bertz CT molecular complexity index is 1100. The number of anilines is 1. The highest BCUT2D eigenvalue weighted by Crippen LogP contribution is 2.22. The maximum absolute atomic E-state index is 12.4. The average molecular weight is 478 g/mol. The molecular weight excluding hydrogens is 457 g/mol. The van der Waals surface area contributed by atoms with Gasteiger partial charge in [0.1, 0.15) is 0 Å². The van der Waals surface area contributed by atoms with Crippen molar-refractivity contribution in [1.82, 2.24) is 20.1 Å². The molecule has 0 radical (unpaired) electrons. The minimum Gasteiger partial charge on any atom is -0.342 e. The summed E-state index contributed by atoms with van der Waals surface area (Å²) in [5.41, 5.74) is 2.08. The lowest BCUT2D eigenvalue weighted by molar-refractivity contribution is -0.113. The number of nitrogens with zero attached hydrogens (tertiary/aromatic N) is 3. The zero-order valence-electron chi connectivity index (χ0n) is 17.1. The van der Waals surface area contributed by atoms with E-state index in [-0.39, 0.29) is 23.6 Å². The Kier molecular flexibility index (Phi) is 7.59. The van der Waals surface area contributed by atoms with E-state index < -0.39 is 0 Å². The fraction of sp³-hybridized carbons (Fsp3) is 0.238. The van der Waals surface area contributed by atoms with Crippen LogP contribution in [-0.2, 0) is 11.8 Å². The number of halogens is 2. The number of hydrogen-bond donors (Lipinski definition) is 2. The van der Waals surface area contributed by atoms with Gasteiger partial charge in [0.25, 0.3) is 5.91 Å². The number of nitrogens with one attached hydrogen (secondary N) is 2. The van der Waals surface area contributed by atoms with Crippen molar-refractivity contribution in [1.29, 1.82) is 0 Å². The lowest BCUT2D eigenvalue weighted by Gasteiger charge is -2.13. The van der Waals surface area contributed by atoms with Crippen molar-refractivity contribution in [2.75, 3.05) is 11.1 Å². The van der Waals surface area contributed by atoms with E-state index in [9.17, 15) is 9.59 Å². The Morgan fingerprint density at radius 1 is 1.13 bits per heavy atom. The van der Waals surface area contributed by atoms with E-state index >= 15 is 0 Å². The summed E-state index contributed by atoms with van der Waals surface area (Å²) in [5.74, 6) is 0.315. The molecule has 1 aromatic heterocycles. The van der Waals surface area contributed by atoms with Gasteiger partial charge in [-0.25, -0.2) is 0 Å². The quantitative estimate of drug-likeness (QED) is 0.483. The first-order chi connectivity index (χ1) is 14.7. The summed E-state index contributed by atoms with van der Waals surface area (Å²) in [7, 11) is 1.79. The number of hydrogen-bond acceptors (Lipinski definition) is 5. The molecule has 0 spiro atoms. The van der Waals surface area contributed by atoms with Crippen LogP contribution in [0.3, 0.4) is 0 Å². The number of carbonyl (C=O) groups excluding carboxylic acids is 2. The molecule has 0 saturated carbocycles. The molecule has 0 unspecified atom stereocenters. The molecule has 2 N–H and O–H groups in total. The number of rotatable bonds is 7. The molecule has 1 heterocycles. The van der Waals surface area contributed by atoms with Gasteiger partial charge in [0.2, 0.25) is 5.91 Å². The van der Waals surface area contributed by atoms with Crippen molar-refractivity contribution >= 4 is 52.5 Å². The average Bonchev–Trinajstić information content (AvgIpc) is 3.10. The normalized spacial score (nSPS) is 11.8. The van der Waals surface area contributed by atoms with Gasteiger partial charge in [-0.3, -0.25) is 9.59 Å². The molecule has 2 aromatic carbocycles. The largest absolute Gasteiger partial charge is 0.342 e. The number of aromatic nitrogens is 3. The predicted octanol–water partition coefficient (Wildman–Crippen LogP) is 4.65. The van der Waals surface area contributed by atoms with Crippen LogP contribution < -0.4 is 10.6 Å². The third-order valence-corrected chi connectivity index (χ3v) is 6.18. The molecule has 31 heavy (non-hydrogen) atoms. The maximum atomic E-state index is 12.4. The van der Waals surface area contributed by atoms with Crippen molar-refractivity contribution in [3.05, 3.63) is 69.5 Å². The molecular formula is C21H21Cl2N5O2S. The Balaban J connectivity index is 1.57. The summed E-state index contributed by atoms with van der Waals surface area (Å²) < 4.78 is 1.76. The Labute approximate surface area is 194 Å². The summed E-state index contributed by atoms with van der Waals surface area (Å²) in [6.45, 7) is 3.72. The van der Waals surface area contributed by atoms with Crippen LogP contribution in [0.5, 0.6) is 0 Å². The third kappa shape index (κ3) is 6.00. The molecule has 0 saturated heterocycles. The fourth-order valence-electron chi connectivity index (χ4n) is 2.77. The van der Waals surface area contributed by atoms with E-state index in [4.69, 9.17) is 23.2 Å². The number of amides is 2. The second-order valence-electron chi connectivity index (χ2n) is 6.90. The fourth-order valence-corrected chi connectivity index (χ4v) is 3.80. The van der Waals surface area contributed by atoms with Gasteiger partial charge in [-0.2, -0.15) is 0 Å². The number of carbonyl (C=O) groups is 2. The molecule has 2 amide bonds. The highest BCUT2D eigenvalue weighted by atomic mass is 35.5. The molecule has 162 valence electrons. The SMILES string of the molecule is Cc1ccc(NC(=O)CSc2nnc([C@H](C)NC(=O)c3ccc(Cl)cc3)n2C)cc1Cl. The highest BCUT2D eigenvalue weighted by molar-refractivity contribution is 7.99. The summed E-state index contributed by atoms with van der Waals surface area (Å²) in [5, 5.41) is 15.7. The summed E-state index contributed by atoms with van der Waals surface area (Å²) in [6, 6.07) is 11.6. The van der Waals surface area contributed by atoms with Crippen molar-refractivity contribution in [3.63, 3.8) is 0 Å². The zero-order valence-corrected chi connectivity index (χ0v) is 19.5. The second kappa shape index (κ2) is 10.2. The van der Waals surface area contributed by atoms with Crippen LogP contribution in [0.15, 0.2) is 47.6 Å². The van der Waals surface area contributed by atoms with Crippen LogP contribution in [0, 0.1) is 6.92 Å². The first-order valence-corrected chi connectivity index (χ1v) is 11.1. The van der Waals surface area contributed by atoms with Gasteiger partial charge in [-0.05, 0) is 55.8 Å². The van der Waals surface area contributed by atoms with E-state index in [1.807, 2.05) is 19.9 Å². The predicted molar refractivity (Wildman–Crippen MR) is 124 cm³/mol. The van der Waals surface area contributed by atoms with Crippen LogP contribution in [0.1, 0.15) is 34.7 Å². The van der Waals surface area contributed by atoms with Crippen molar-refractivity contribution in [3.8, 4) is 0 Å². The molecule has 7 nitrogen and oxygen atoms in total. The van der Waals surface area contributed by atoms with Crippen LogP contribution in [0.2, 0.25) is 10.0 Å². The standard InChI is InChI=1S/C21H21Cl2N5O2S/c1-12-4-9-16(10-17(12)23)25-18(29)11-31-21-27-26-19(28(21)3)13(2)24-20(30)14-5-7-15(22)8-6-14/h4-10,13H,11H2,1-3H3,(H,24,30)(H,25,29)/t13-/m0/s1. The van der Waals surface area contributed by atoms with Gasteiger partial charge < -0.3 is 15.2 Å². The molecule has 0 aliphatic carbocycles. The summed E-state index contributed by atoms with van der Waals surface area (Å²) in [4.78, 5) is 24.7.